The monoisotopic (exact) mass is 112 g/mol. The Bertz CT molecular complexity index is 6.00. The summed E-state index contributed by atoms with van der Waals surface area (Å²) in [6.45, 7) is 0. The first-order valence-electron chi connectivity index (χ1n) is 0. The van der Waals surface area contributed by atoms with Gasteiger partial charge in [-0.2, -0.15) is 0 Å². The molecule has 0 atom stereocenters. The fourth-order valence-electron chi connectivity index (χ4n) is 0. The Morgan fingerprint density at radius 1 is 0.750 bits per heavy atom. The van der Waals surface area contributed by atoms with Crippen LogP contribution in [0.25, 0.3) is 0 Å². The largest absolute Gasteiger partial charge is 0.412 e. The second-order valence-electron chi connectivity index (χ2n) is 0. The summed E-state index contributed by atoms with van der Waals surface area (Å²) >= 11 is 0. The van der Waals surface area contributed by atoms with Gasteiger partial charge in [-0.25, -0.2) is 0 Å². The van der Waals surface area contributed by atoms with E-state index in [1.165, 1.54) is 0 Å². The third kappa shape index (κ3) is 9.80. The molecule has 0 heterocycles. The van der Waals surface area contributed by atoms with Gasteiger partial charge < -0.3 is 11.0 Å². The summed E-state index contributed by atoms with van der Waals surface area (Å²) in [5.41, 5.74) is 0. The number of hydrogen-bond acceptors (Lipinski definition) is 0. The van der Waals surface area contributed by atoms with Crippen molar-refractivity contribution in [2.24, 2.45) is 0 Å². The van der Waals surface area contributed by atoms with E-state index in [9.17, 15) is 0 Å². The second-order valence-corrected chi connectivity index (χ2v) is 0. The van der Waals surface area contributed by atoms with Crippen molar-refractivity contribution in [3.05, 3.63) is 0 Å². The average Bonchev–Trinajstić information content (AvgIpc) is 0. The van der Waals surface area contributed by atoms with Gasteiger partial charge in [0.2, 0.25) is 0 Å². The fourth-order valence-corrected chi connectivity index (χ4v) is 0. The molecular weight excluding hydrogens is 108 g/mol. The van der Waals surface area contributed by atoms with Gasteiger partial charge >= 0.3 is 0 Å². The molecule has 0 aliphatic heterocycles. The summed E-state index contributed by atoms with van der Waals surface area (Å²) in [4.78, 5) is 0. The summed E-state index contributed by atoms with van der Waals surface area (Å²) in [5.74, 6) is 0. The summed E-state index contributed by atoms with van der Waals surface area (Å²) in [6, 6.07) is 0. The van der Waals surface area contributed by atoms with Crippen molar-refractivity contribution in [1.82, 2.24) is 0 Å². The van der Waals surface area contributed by atoms with Gasteiger partial charge in [0.25, 0.3) is 0 Å². The van der Waals surface area contributed by atoms with Crippen LogP contribution in [0.15, 0.2) is 0 Å². The van der Waals surface area contributed by atoms with Crippen LogP contribution in [0.3, 0.4) is 0 Å². The van der Waals surface area contributed by atoms with Crippen molar-refractivity contribution >= 4 is 50.1 Å². The van der Waals surface area contributed by atoms with Gasteiger partial charge in [0.1, 0.15) is 0 Å². The van der Waals surface area contributed by atoms with E-state index in [0.717, 1.165) is 0 Å². The summed E-state index contributed by atoms with van der Waals surface area (Å²) in [5, 5.41) is 0. The quantitative estimate of drug-likeness (QED) is 0.339. The SMILES string of the molecule is Cl.O.O.[Ca]. The fraction of sp³-hybridized carbons (Fsp3) is 0. The first-order chi connectivity index (χ1) is 0. The molecular formula is H5CaClO2. The zero-order chi connectivity index (χ0) is 0. The molecule has 0 aromatic rings. The third-order valence-electron chi connectivity index (χ3n) is 0. The molecule has 0 spiro atoms. The minimum Gasteiger partial charge on any atom is -0.412 e. The average molecular weight is 113 g/mol. The van der Waals surface area contributed by atoms with E-state index in [0.29, 0.717) is 0 Å². The molecule has 0 saturated carbocycles. The summed E-state index contributed by atoms with van der Waals surface area (Å²) in [7, 11) is 0. The first kappa shape index (κ1) is 50.6. The maximum Gasteiger partial charge on any atom is 0 e. The van der Waals surface area contributed by atoms with Crippen molar-refractivity contribution in [2.75, 3.05) is 0 Å². The Morgan fingerprint density at radius 3 is 0.750 bits per heavy atom. The molecule has 0 unspecified atom stereocenters. The molecule has 4 N–H and O–H groups in total. The van der Waals surface area contributed by atoms with Gasteiger partial charge in [-0.3, -0.25) is 0 Å². The molecule has 0 amide bonds. The Hall–Kier alpha value is 1.47. The van der Waals surface area contributed by atoms with E-state index in [1.807, 2.05) is 0 Å². The number of hydrogen-bond donors (Lipinski definition) is 0. The zero-order valence-corrected chi connectivity index (χ0v) is 5.14. The molecule has 2 nitrogen and oxygen atoms in total. The zero-order valence-electron chi connectivity index (χ0n) is 2.12. The topological polar surface area (TPSA) is 63.0 Å². The van der Waals surface area contributed by atoms with E-state index in [2.05, 4.69) is 0 Å². The Morgan fingerprint density at radius 2 is 0.750 bits per heavy atom. The molecule has 0 aromatic heterocycles. The van der Waals surface area contributed by atoms with Crippen LogP contribution >= 0.6 is 12.4 Å². The molecule has 26 valence electrons. The number of rotatable bonds is 0. The molecule has 4 heavy (non-hydrogen) atoms. The van der Waals surface area contributed by atoms with Crippen LogP contribution < -0.4 is 0 Å². The van der Waals surface area contributed by atoms with E-state index in [1.54, 1.807) is 0 Å². The standard InChI is InChI=1S/Ca.ClH.2H2O/h;1H;2*1H2. The normalized spacial score (nSPS) is 0. The maximum atomic E-state index is 0. The van der Waals surface area contributed by atoms with Crippen LogP contribution in [0.5, 0.6) is 0 Å². The predicted octanol–water partition coefficient (Wildman–Crippen LogP) is -1.61. The van der Waals surface area contributed by atoms with Gasteiger partial charge in [0, 0.05) is 37.7 Å². The van der Waals surface area contributed by atoms with Crippen molar-refractivity contribution < 1.29 is 11.0 Å². The summed E-state index contributed by atoms with van der Waals surface area (Å²) < 4.78 is 0. The van der Waals surface area contributed by atoms with E-state index < -0.39 is 0 Å². The van der Waals surface area contributed by atoms with Crippen molar-refractivity contribution in [3.8, 4) is 0 Å². The van der Waals surface area contributed by atoms with Crippen LogP contribution in [0, 0.1) is 0 Å². The minimum atomic E-state index is 0. The van der Waals surface area contributed by atoms with Gasteiger partial charge in [-0.1, -0.05) is 0 Å². The molecule has 0 aliphatic carbocycles. The molecule has 2 radical (unpaired) electrons. The van der Waals surface area contributed by atoms with Crippen molar-refractivity contribution in [2.45, 2.75) is 0 Å². The molecule has 0 fully saturated rings. The molecule has 0 bridgehead atoms. The van der Waals surface area contributed by atoms with Gasteiger partial charge in [-0.15, -0.1) is 12.4 Å². The first-order valence-corrected chi connectivity index (χ1v) is 0. The van der Waals surface area contributed by atoms with Crippen LogP contribution in [0.4, 0.5) is 0 Å². The van der Waals surface area contributed by atoms with E-state index in [-0.39, 0.29) is 61.1 Å². The van der Waals surface area contributed by atoms with Crippen molar-refractivity contribution in [3.63, 3.8) is 0 Å². The molecule has 0 aliphatic rings. The van der Waals surface area contributed by atoms with Gasteiger partial charge in [-0.05, 0) is 0 Å². The molecule has 0 saturated heterocycles. The molecule has 0 aromatic carbocycles. The molecule has 4 heteroatoms. The van der Waals surface area contributed by atoms with E-state index >= 15 is 0 Å². The Kier molecular flexibility index (Phi) is 315. The van der Waals surface area contributed by atoms with Gasteiger partial charge in [0.05, 0.1) is 0 Å². The Balaban J connectivity index is 0. The van der Waals surface area contributed by atoms with Crippen LogP contribution in [-0.2, 0) is 0 Å². The second kappa shape index (κ2) is 24.9. The predicted molar refractivity (Wildman–Crippen MR) is 20.2 cm³/mol. The molecule has 0 rings (SSSR count). The third-order valence-corrected chi connectivity index (χ3v) is 0. The van der Waals surface area contributed by atoms with Crippen molar-refractivity contribution in [1.29, 1.82) is 0 Å². The van der Waals surface area contributed by atoms with Crippen LogP contribution in [0.2, 0.25) is 0 Å². The number of halogens is 1. The van der Waals surface area contributed by atoms with Gasteiger partial charge in [0.15, 0.2) is 0 Å². The van der Waals surface area contributed by atoms with E-state index in [4.69, 9.17) is 0 Å². The smallest absolute Gasteiger partial charge is 0 e. The van der Waals surface area contributed by atoms with Crippen LogP contribution in [-0.4, -0.2) is 48.7 Å². The Labute approximate surface area is 60.6 Å². The van der Waals surface area contributed by atoms with Crippen LogP contribution in [0.1, 0.15) is 0 Å². The maximum absolute atomic E-state index is 0. The minimum absolute atomic E-state index is 0. The summed E-state index contributed by atoms with van der Waals surface area (Å²) in [6.07, 6.45) is 0.